The number of likely N-dealkylation sites (tertiary alicyclic amines) is 1. The van der Waals surface area contributed by atoms with E-state index in [2.05, 4.69) is 4.90 Å². The summed E-state index contributed by atoms with van der Waals surface area (Å²) in [5, 5.41) is 9.07. The van der Waals surface area contributed by atoms with Crippen molar-refractivity contribution < 1.29 is 9.84 Å². The Morgan fingerprint density at radius 1 is 1.41 bits per heavy atom. The molecule has 1 aliphatic heterocycles. The highest BCUT2D eigenvalue weighted by molar-refractivity contribution is 4.78. The fourth-order valence-corrected chi connectivity index (χ4v) is 2.40. The Morgan fingerprint density at radius 2 is 2.06 bits per heavy atom. The molecule has 1 saturated heterocycles. The third-order valence-electron chi connectivity index (χ3n) is 3.69. The van der Waals surface area contributed by atoms with Crippen molar-refractivity contribution in [1.29, 1.82) is 0 Å². The third kappa shape index (κ3) is 5.82. The van der Waals surface area contributed by atoms with E-state index in [1.54, 1.807) is 7.11 Å². The Bertz CT molecular complexity index is 202. The van der Waals surface area contributed by atoms with Gasteiger partial charge in [0, 0.05) is 19.3 Å². The number of piperidine rings is 1. The van der Waals surface area contributed by atoms with Crippen molar-refractivity contribution in [2.24, 2.45) is 11.7 Å². The summed E-state index contributed by atoms with van der Waals surface area (Å²) in [6.07, 6.45) is 4.45. The van der Waals surface area contributed by atoms with Crippen LogP contribution < -0.4 is 5.73 Å². The summed E-state index contributed by atoms with van der Waals surface area (Å²) < 4.78 is 5.19. The average Bonchev–Trinajstić information content (AvgIpc) is 2.32. The molecule has 1 fully saturated rings. The maximum absolute atomic E-state index is 9.07. The Morgan fingerprint density at radius 3 is 2.59 bits per heavy atom. The zero-order valence-corrected chi connectivity index (χ0v) is 11.3. The summed E-state index contributed by atoms with van der Waals surface area (Å²) in [7, 11) is 1.78. The molecule has 0 aromatic rings. The number of hydrogen-bond acceptors (Lipinski definition) is 4. The zero-order valence-electron chi connectivity index (χ0n) is 11.3. The van der Waals surface area contributed by atoms with Crippen LogP contribution >= 0.6 is 0 Å². The van der Waals surface area contributed by atoms with E-state index in [0.717, 1.165) is 31.9 Å². The third-order valence-corrected chi connectivity index (χ3v) is 3.69. The normalized spacial score (nSPS) is 22.6. The fraction of sp³-hybridized carbons (Fsp3) is 1.00. The second kappa shape index (κ2) is 7.31. The lowest BCUT2D eigenvalue weighted by atomic mass is 9.96. The van der Waals surface area contributed by atoms with Gasteiger partial charge < -0.3 is 20.5 Å². The summed E-state index contributed by atoms with van der Waals surface area (Å²) in [5.41, 5.74) is 5.50. The molecule has 0 aliphatic carbocycles. The number of methoxy groups -OCH3 is 1. The highest BCUT2D eigenvalue weighted by Crippen LogP contribution is 2.18. The van der Waals surface area contributed by atoms with Gasteiger partial charge in [0.05, 0.1) is 6.61 Å². The Balaban J connectivity index is 2.10. The Kier molecular flexibility index (Phi) is 6.41. The van der Waals surface area contributed by atoms with E-state index in [1.165, 1.54) is 25.9 Å². The van der Waals surface area contributed by atoms with Crippen LogP contribution in [0.5, 0.6) is 0 Å². The lowest BCUT2D eigenvalue weighted by Crippen LogP contribution is -2.41. The van der Waals surface area contributed by atoms with Gasteiger partial charge in [0.1, 0.15) is 0 Å². The number of nitrogens with zero attached hydrogens (tertiary/aromatic N) is 1. The van der Waals surface area contributed by atoms with Crippen molar-refractivity contribution in [3.8, 4) is 0 Å². The number of aliphatic hydroxyl groups excluding tert-OH is 1. The van der Waals surface area contributed by atoms with Gasteiger partial charge in [-0.1, -0.05) is 0 Å². The van der Waals surface area contributed by atoms with Gasteiger partial charge >= 0.3 is 0 Å². The summed E-state index contributed by atoms with van der Waals surface area (Å²) in [6, 6.07) is 0. The predicted molar refractivity (Wildman–Crippen MR) is 70.0 cm³/mol. The van der Waals surface area contributed by atoms with Crippen LogP contribution in [0.1, 0.15) is 32.6 Å². The molecule has 0 spiro atoms. The van der Waals surface area contributed by atoms with Crippen LogP contribution in [0.3, 0.4) is 0 Å². The molecule has 0 aromatic heterocycles. The lowest BCUT2D eigenvalue weighted by Gasteiger charge is -2.32. The monoisotopic (exact) mass is 244 g/mol. The number of ether oxygens (including phenoxy) is 1. The van der Waals surface area contributed by atoms with Crippen LogP contribution in [0.15, 0.2) is 0 Å². The molecule has 102 valence electrons. The maximum atomic E-state index is 9.07. The summed E-state index contributed by atoms with van der Waals surface area (Å²) in [6.45, 7) is 6.34. The molecule has 0 amide bonds. The SMILES string of the molecule is COCC1CCN(CCCC(C)(N)CO)CC1. The smallest absolute Gasteiger partial charge is 0.0608 e. The molecule has 4 heteroatoms. The summed E-state index contributed by atoms with van der Waals surface area (Å²) >= 11 is 0. The second-order valence-electron chi connectivity index (χ2n) is 5.66. The van der Waals surface area contributed by atoms with E-state index < -0.39 is 5.54 Å². The van der Waals surface area contributed by atoms with Crippen molar-refractivity contribution in [3.05, 3.63) is 0 Å². The molecule has 1 aliphatic rings. The molecule has 4 nitrogen and oxygen atoms in total. The van der Waals surface area contributed by atoms with Crippen LogP contribution in [0.25, 0.3) is 0 Å². The van der Waals surface area contributed by atoms with Gasteiger partial charge in [-0.25, -0.2) is 0 Å². The number of aliphatic hydroxyl groups is 1. The van der Waals surface area contributed by atoms with Crippen LogP contribution in [-0.4, -0.2) is 55.5 Å². The van der Waals surface area contributed by atoms with E-state index >= 15 is 0 Å². The molecule has 1 unspecified atom stereocenters. The van der Waals surface area contributed by atoms with Crippen molar-refractivity contribution in [1.82, 2.24) is 4.90 Å². The van der Waals surface area contributed by atoms with Gasteiger partial charge in [-0.3, -0.25) is 0 Å². The van der Waals surface area contributed by atoms with E-state index in [9.17, 15) is 0 Å². The standard InChI is InChI=1S/C13H28N2O2/c1-13(14,11-16)6-3-7-15-8-4-12(5-9-15)10-17-2/h12,16H,3-11,14H2,1-2H3. The van der Waals surface area contributed by atoms with Crippen molar-refractivity contribution in [2.75, 3.05) is 40.0 Å². The molecule has 17 heavy (non-hydrogen) atoms. The minimum atomic E-state index is -0.408. The first kappa shape index (κ1) is 14.9. The van der Waals surface area contributed by atoms with E-state index in [-0.39, 0.29) is 6.61 Å². The molecule has 1 rings (SSSR count). The molecule has 3 N–H and O–H groups in total. The number of rotatable bonds is 7. The molecule has 0 radical (unpaired) electrons. The molecular weight excluding hydrogens is 216 g/mol. The zero-order chi connectivity index (χ0) is 12.7. The first-order chi connectivity index (χ1) is 8.07. The van der Waals surface area contributed by atoms with Crippen LogP contribution in [0.2, 0.25) is 0 Å². The van der Waals surface area contributed by atoms with Crippen molar-refractivity contribution in [3.63, 3.8) is 0 Å². The minimum Gasteiger partial charge on any atom is -0.394 e. The highest BCUT2D eigenvalue weighted by atomic mass is 16.5. The predicted octanol–water partition coefficient (Wildman–Crippen LogP) is 0.835. The van der Waals surface area contributed by atoms with Crippen LogP contribution in [0, 0.1) is 5.92 Å². The second-order valence-corrected chi connectivity index (χ2v) is 5.66. The molecule has 0 aromatic carbocycles. The molecule has 1 heterocycles. The van der Waals surface area contributed by atoms with Gasteiger partial charge in [0.2, 0.25) is 0 Å². The van der Waals surface area contributed by atoms with Crippen molar-refractivity contribution >= 4 is 0 Å². The minimum absolute atomic E-state index is 0.0723. The van der Waals surface area contributed by atoms with Crippen LogP contribution in [-0.2, 0) is 4.74 Å². The molecule has 0 bridgehead atoms. The first-order valence-corrected chi connectivity index (χ1v) is 6.68. The van der Waals surface area contributed by atoms with E-state index in [1.807, 2.05) is 6.92 Å². The average molecular weight is 244 g/mol. The molecule has 1 atom stereocenters. The quantitative estimate of drug-likeness (QED) is 0.696. The van der Waals surface area contributed by atoms with Gasteiger partial charge in [-0.15, -0.1) is 0 Å². The molecule has 0 saturated carbocycles. The summed E-state index contributed by atoms with van der Waals surface area (Å²) in [4.78, 5) is 2.50. The number of hydrogen-bond donors (Lipinski definition) is 2. The van der Waals surface area contributed by atoms with Gasteiger partial charge in [0.15, 0.2) is 0 Å². The molecular formula is C13H28N2O2. The lowest BCUT2D eigenvalue weighted by molar-refractivity contribution is 0.0971. The Hall–Kier alpha value is -0.160. The highest BCUT2D eigenvalue weighted by Gasteiger charge is 2.20. The number of nitrogens with two attached hydrogens (primary N) is 1. The van der Waals surface area contributed by atoms with Crippen molar-refractivity contribution in [2.45, 2.75) is 38.1 Å². The first-order valence-electron chi connectivity index (χ1n) is 6.68. The van der Waals surface area contributed by atoms with Gasteiger partial charge in [-0.2, -0.15) is 0 Å². The van der Waals surface area contributed by atoms with E-state index in [0.29, 0.717) is 0 Å². The maximum Gasteiger partial charge on any atom is 0.0608 e. The Labute approximate surface area is 105 Å². The van der Waals surface area contributed by atoms with Gasteiger partial charge in [0.25, 0.3) is 0 Å². The topological polar surface area (TPSA) is 58.7 Å². The fourth-order valence-electron chi connectivity index (χ4n) is 2.40. The van der Waals surface area contributed by atoms with Crippen LogP contribution in [0.4, 0.5) is 0 Å². The summed E-state index contributed by atoms with van der Waals surface area (Å²) in [5.74, 6) is 0.744. The van der Waals surface area contributed by atoms with Gasteiger partial charge in [-0.05, 0) is 58.2 Å². The largest absolute Gasteiger partial charge is 0.394 e. The van der Waals surface area contributed by atoms with E-state index in [4.69, 9.17) is 15.6 Å².